The summed E-state index contributed by atoms with van der Waals surface area (Å²) in [5, 5.41) is 21.3. The maximum absolute atomic E-state index is 10.4. The molecule has 1 aliphatic rings. The van der Waals surface area contributed by atoms with Crippen LogP contribution in [0.5, 0.6) is 0 Å². The van der Waals surface area contributed by atoms with Gasteiger partial charge in [-0.1, -0.05) is 12.5 Å². The van der Waals surface area contributed by atoms with Crippen LogP contribution < -0.4 is 5.32 Å². The van der Waals surface area contributed by atoms with Gasteiger partial charge in [0.15, 0.2) is 0 Å². The second kappa shape index (κ2) is 7.24. The van der Waals surface area contributed by atoms with Crippen LogP contribution in [0, 0.1) is 0 Å². The van der Waals surface area contributed by atoms with Gasteiger partial charge in [-0.15, -0.1) is 0 Å². The van der Waals surface area contributed by atoms with Crippen LogP contribution in [-0.2, 0) is 17.6 Å². The number of carbonyl (C=O) groups is 1. The second-order valence-electron chi connectivity index (χ2n) is 5.34. The van der Waals surface area contributed by atoms with Gasteiger partial charge in [0.25, 0.3) is 0 Å². The van der Waals surface area contributed by atoms with Crippen LogP contribution in [0.4, 0.5) is 5.82 Å². The summed E-state index contributed by atoms with van der Waals surface area (Å²) in [6, 6.07) is 4.21. The van der Waals surface area contributed by atoms with E-state index in [4.69, 9.17) is 5.11 Å². The zero-order valence-corrected chi connectivity index (χ0v) is 11.6. The molecule has 0 bridgehead atoms. The Balaban J connectivity index is 1.73. The zero-order valence-electron chi connectivity index (χ0n) is 11.6. The number of aliphatic hydroxyl groups excluding tert-OH is 1. The number of aliphatic hydroxyl groups is 1. The number of nitrogens with zero attached hydrogens (tertiary/aromatic N) is 1. The van der Waals surface area contributed by atoms with E-state index in [2.05, 4.69) is 22.4 Å². The first-order chi connectivity index (χ1) is 9.65. The van der Waals surface area contributed by atoms with Gasteiger partial charge in [-0.3, -0.25) is 4.79 Å². The summed E-state index contributed by atoms with van der Waals surface area (Å²) >= 11 is 0. The highest BCUT2D eigenvalue weighted by Crippen LogP contribution is 2.20. The van der Waals surface area contributed by atoms with Crippen LogP contribution >= 0.6 is 0 Å². The molecule has 2 rings (SSSR count). The number of hydrogen-bond donors (Lipinski definition) is 3. The molecule has 1 aromatic rings. The summed E-state index contributed by atoms with van der Waals surface area (Å²) in [7, 11) is 0. The summed E-state index contributed by atoms with van der Waals surface area (Å²) in [5.41, 5.74) is 2.35. The molecule has 1 aliphatic heterocycles. The largest absolute Gasteiger partial charge is 0.481 e. The number of pyridine rings is 1. The molecule has 0 fully saturated rings. The van der Waals surface area contributed by atoms with Crippen LogP contribution in [0.25, 0.3) is 0 Å². The highest BCUT2D eigenvalue weighted by atomic mass is 16.4. The number of unbranched alkanes of at least 4 members (excludes halogenated alkanes) is 1. The molecule has 0 saturated carbocycles. The number of nitrogens with one attached hydrogen (secondary N) is 1. The Hall–Kier alpha value is -1.62. The molecule has 5 heteroatoms. The number of carboxylic acid groups (broad SMARTS) is 1. The fraction of sp³-hybridized carbons (Fsp3) is 0.600. The summed E-state index contributed by atoms with van der Waals surface area (Å²) < 4.78 is 0. The standard InChI is InChI=1S/C15H22N2O3/c18-13(10-14(19)20)6-2-1-5-12-8-7-11-4-3-9-16-15(11)17-12/h7-8,13,18H,1-6,9-10H2,(H,16,17)(H,19,20). The minimum absolute atomic E-state index is 0.166. The van der Waals surface area contributed by atoms with Gasteiger partial charge in [0, 0.05) is 12.2 Å². The molecule has 2 heterocycles. The van der Waals surface area contributed by atoms with Gasteiger partial charge in [0.1, 0.15) is 5.82 Å². The van der Waals surface area contributed by atoms with Crippen molar-refractivity contribution in [3.8, 4) is 0 Å². The minimum Gasteiger partial charge on any atom is -0.481 e. The lowest BCUT2D eigenvalue weighted by atomic mass is 10.0. The van der Waals surface area contributed by atoms with E-state index in [1.807, 2.05) is 0 Å². The lowest BCUT2D eigenvalue weighted by Crippen LogP contribution is -2.14. The Kier molecular flexibility index (Phi) is 5.35. The van der Waals surface area contributed by atoms with Gasteiger partial charge in [0.2, 0.25) is 0 Å². The van der Waals surface area contributed by atoms with Crippen molar-refractivity contribution in [3.63, 3.8) is 0 Å². The van der Waals surface area contributed by atoms with Gasteiger partial charge in [-0.25, -0.2) is 4.98 Å². The molecule has 0 aliphatic carbocycles. The Bertz CT molecular complexity index is 462. The van der Waals surface area contributed by atoms with Crippen LogP contribution in [-0.4, -0.2) is 33.8 Å². The number of rotatable bonds is 7. The molecule has 0 radical (unpaired) electrons. The van der Waals surface area contributed by atoms with Crippen molar-refractivity contribution in [2.75, 3.05) is 11.9 Å². The molecule has 1 unspecified atom stereocenters. The van der Waals surface area contributed by atoms with Crippen molar-refractivity contribution in [2.45, 2.75) is 51.0 Å². The van der Waals surface area contributed by atoms with Crippen molar-refractivity contribution < 1.29 is 15.0 Å². The van der Waals surface area contributed by atoms with E-state index < -0.39 is 12.1 Å². The Labute approximate surface area is 119 Å². The second-order valence-corrected chi connectivity index (χ2v) is 5.34. The number of aromatic nitrogens is 1. The first-order valence-electron chi connectivity index (χ1n) is 7.27. The maximum Gasteiger partial charge on any atom is 0.305 e. The lowest BCUT2D eigenvalue weighted by Gasteiger charge is -2.17. The fourth-order valence-electron chi connectivity index (χ4n) is 2.50. The molecule has 0 aromatic carbocycles. The number of aliphatic carboxylic acids is 1. The van der Waals surface area contributed by atoms with Crippen LogP contribution in [0.2, 0.25) is 0 Å². The topological polar surface area (TPSA) is 82.5 Å². The van der Waals surface area contributed by atoms with Gasteiger partial charge >= 0.3 is 5.97 Å². The molecule has 5 nitrogen and oxygen atoms in total. The number of carboxylic acids is 1. The molecular formula is C15H22N2O3. The van der Waals surface area contributed by atoms with Crippen molar-refractivity contribution in [1.29, 1.82) is 0 Å². The molecule has 0 spiro atoms. The summed E-state index contributed by atoms with van der Waals surface area (Å²) in [5.74, 6) is 0.0691. The predicted octanol–water partition coefficient (Wildman–Crippen LogP) is 1.99. The highest BCUT2D eigenvalue weighted by Gasteiger charge is 2.11. The SMILES string of the molecule is O=C(O)CC(O)CCCCc1ccc2c(n1)NCCC2. The lowest BCUT2D eigenvalue weighted by molar-refractivity contribution is -0.139. The Morgan fingerprint density at radius 2 is 2.25 bits per heavy atom. The van der Waals surface area contributed by atoms with E-state index in [-0.39, 0.29) is 6.42 Å². The minimum atomic E-state index is -0.945. The van der Waals surface area contributed by atoms with E-state index in [9.17, 15) is 9.90 Å². The van der Waals surface area contributed by atoms with Gasteiger partial charge in [-0.2, -0.15) is 0 Å². The summed E-state index contributed by atoms with van der Waals surface area (Å²) in [4.78, 5) is 15.0. The van der Waals surface area contributed by atoms with Gasteiger partial charge in [0.05, 0.1) is 12.5 Å². The third-order valence-electron chi connectivity index (χ3n) is 3.58. The average Bonchev–Trinajstić information content (AvgIpc) is 2.43. The van der Waals surface area contributed by atoms with E-state index in [0.717, 1.165) is 50.2 Å². The Morgan fingerprint density at radius 1 is 1.40 bits per heavy atom. The molecule has 1 atom stereocenters. The number of hydrogen-bond acceptors (Lipinski definition) is 4. The van der Waals surface area contributed by atoms with Gasteiger partial charge in [-0.05, 0) is 43.7 Å². The predicted molar refractivity (Wildman–Crippen MR) is 76.9 cm³/mol. The van der Waals surface area contributed by atoms with Crippen molar-refractivity contribution in [3.05, 3.63) is 23.4 Å². The fourth-order valence-corrected chi connectivity index (χ4v) is 2.50. The molecule has 0 saturated heterocycles. The van der Waals surface area contributed by atoms with E-state index in [0.29, 0.717) is 6.42 Å². The third kappa shape index (κ3) is 4.49. The molecule has 1 aromatic heterocycles. The first kappa shape index (κ1) is 14.8. The van der Waals surface area contributed by atoms with E-state index in [1.54, 1.807) is 0 Å². The monoisotopic (exact) mass is 278 g/mol. The summed E-state index contributed by atoms with van der Waals surface area (Å²) in [6.07, 6.45) is 4.51. The van der Waals surface area contributed by atoms with Crippen LogP contribution in [0.1, 0.15) is 43.4 Å². The van der Waals surface area contributed by atoms with Crippen molar-refractivity contribution in [2.24, 2.45) is 0 Å². The molecular weight excluding hydrogens is 256 g/mol. The smallest absolute Gasteiger partial charge is 0.305 e. The maximum atomic E-state index is 10.4. The molecule has 0 amide bonds. The van der Waals surface area contributed by atoms with E-state index >= 15 is 0 Å². The van der Waals surface area contributed by atoms with Crippen LogP contribution in [0.3, 0.4) is 0 Å². The number of aryl methyl sites for hydroxylation is 2. The normalized spacial score (nSPS) is 15.2. The zero-order chi connectivity index (χ0) is 14.4. The van der Waals surface area contributed by atoms with Crippen molar-refractivity contribution in [1.82, 2.24) is 4.98 Å². The average molecular weight is 278 g/mol. The highest BCUT2D eigenvalue weighted by molar-refractivity contribution is 5.67. The quantitative estimate of drug-likeness (QED) is 0.664. The Morgan fingerprint density at radius 3 is 3.05 bits per heavy atom. The molecule has 3 N–H and O–H groups in total. The van der Waals surface area contributed by atoms with Gasteiger partial charge < -0.3 is 15.5 Å². The molecule has 110 valence electrons. The van der Waals surface area contributed by atoms with Crippen molar-refractivity contribution >= 4 is 11.8 Å². The molecule has 20 heavy (non-hydrogen) atoms. The first-order valence-corrected chi connectivity index (χ1v) is 7.27. The number of anilines is 1. The summed E-state index contributed by atoms with van der Waals surface area (Å²) in [6.45, 7) is 0.991. The third-order valence-corrected chi connectivity index (χ3v) is 3.58. The number of fused-ring (bicyclic) bond motifs is 1. The van der Waals surface area contributed by atoms with E-state index in [1.165, 1.54) is 5.56 Å². The van der Waals surface area contributed by atoms with Crippen LogP contribution in [0.15, 0.2) is 12.1 Å².